The van der Waals surface area contributed by atoms with Crippen molar-refractivity contribution in [3.8, 4) is 0 Å². The van der Waals surface area contributed by atoms with Crippen molar-refractivity contribution in [1.82, 2.24) is 10.4 Å². The summed E-state index contributed by atoms with van der Waals surface area (Å²) in [5.74, 6) is 0.135. The molecule has 1 aromatic heterocycles. The van der Waals surface area contributed by atoms with E-state index in [9.17, 15) is 4.79 Å². The van der Waals surface area contributed by atoms with Crippen molar-refractivity contribution < 1.29 is 4.79 Å². The van der Waals surface area contributed by atoms with Gasteiger partial charge in [-0.3, -0.25) is 14.8 Å². The summed E-state index contributed by atoms with van der Waals surface area (Å²) in [4.78, 5) is 18.4. The van der Waals surface area contributed by atoms with Crippen LogP contribution in [-0.2, 0) is 10.2 Å². The number of aromatic nitrogens is 1. The Hall–Kier alpha value is -2.66. The number of nitrogens with zero attached hydrogens (tertiary/aromatic N) is 3. The summed E-state index contributed by atoms with van der Waals surface area (Å²) in [5, 5.41) is 2.01. The molecule has 0 spiro atoms. The molecule has 5 heteroatoms. The van der Waals surface area contributed by atoms with Crippen LogP contribution in [0.25, 0.3) is 5.57 Å². The van der Waals surface area contributed by atoms with Crippen LogP contribution in [0.4, 0.5) is 11.4 Å². The average molecular weight is 320 g/mol. The molecular weight excluding hydrogens is 300 g/mol. The van der Waals surface area contributed by atoms with Gasteiger partial charge >= 0.3 is 0 Å². The van der Waals surface area contributed by atoms with Gasteiger partial charge in [-0.15, -0.1) is 0 Å². The van der Waals surface area contributed by atoms with Crippen LogP contribution in [0.5, 0.6) is 0 Å². The van der Waals surface area contributed by atoms with Gasteiger partial charge in [-0.1, -0.05) is 12.1 Å². The van der Waals surface area contributed by atoms with Crippen molar-refractivity contribution in [3.63, 3.8) is 0 Å². The number of pyridine rings is 1. The fourth-order valence-corrected chi connectivity index (χ4v) is 3.43. The zero-order valence-electron chi connectivity index (χ0n) is 14.1. The molecule has 0 saturated carbocycles. The van der Waals surface area contributed by atoms with Crippen LogP contribution in [0.2, 0.25) is 0 Å². The summed E-state index contributed by atoms with van der Waals surface area (Å²) >= 11 is 0. The predicted molar refractivity (Wildman–Crippen MR) is 95.6 cm³/mol. The van der Waals surface area contributed by atoms with E-state index in [0.29, 0.717) is 0 Å². The molecule has 1 N–H and O–H groups in total. The van der Waals surface area contributed by atoms with Crippen LogP contribution >= 0.6 is 0 Å². The molecule has 0 atom stereocenters. The highest BCUT2D eigenvalue weighted by Gasteiger charge is 2.42. The minimum atomic E-state index is -0.461. The molecule has 5 nitrogen and oxygen atoms in total. The number of hydrazine groups is 1. The molecule has 4 rings (SSSR count). The zero-order chi connectivity index (χ0) is 16.9. The second kappa shape index (κ2) is 5.18. The number of hydrogen-bond donors (Lipinski definition) is 1. The Kier molecular flexibility index (Phi) is 3.21. The van der Waals surface area contributed by atoms with E-state index in [4.69, 9.17) is 0 Å². The first kappa shape index (κ1) is 14.9. The van der Waals surface area contributed by atoms with Gasteiger partial charge in [0, 0.05) is 37.9 Å². The van der Waals surface area contributed by atoms with Crippen LogP contribution in [-0.4, -0.2) is 24.5 Å². The molecule has 2 aromatic rings. The average Bonchev–Trinajstić information content (AvgIpc) is 3.16. The number of fused-ring (bicyclic) bond motifs is 1. The number of carbonyl (C=O) groups is 1. The van der Waals surface area contributed by atoms with E-state index >= 15 is 0 Å². The number of anilines is 2. The summed E-state index contributed by atoms with van der Waals surface area (Å²) in [5.41, 5.74) is 8.29. The Bertz CT molecular complexity index is 842. The van der Waals surface area contributed by atoms with Crippen LogP contribution in [0, 0.1) is 0 Å². The summed E-state index contributed by atoms with van der Waals surface area (Å²) < 4.78 is 0. The van der Waals surface area contributed by atoms with Gasteiger partial charge in [0.1, 0.15) is 0 Å². The molecule has 0 aliphatic carbocycles. The zero-order valence-corrected chi connectivity index (χ0v) is 14.1. The second-order valence-electron chi connectivity index (χ2n) is 6.79. The van der Waals surface area contributed by atoms with Crippen LogP contribution in [0.1, 0.15) is 25.0 Å². The molecule has 2 aliphatic heterocycles. The topological polar surface area (TPSA) is 48.5 Å². The summed E-state index contributed by atoms with van der Waals surface area (Å²) in [6, 6.07) is 10.2. The van der Waals surface area contributed by atoms with E-state index < -0.39 is 5.41 Å². The lowest BCUT2D eigenvalue weighted by atomic mass is 9.86. The smallest absolute Gasteiger partial charge is 0.236 e. The van der Waals surface area contributed by atoms with E-state index in [-0.39, 0.29) is 5.91 Å². The van der Waals surface area contributed by atoms with Gasteiger partial charge < -0.3 is 4.90 Å². The van der Waals surface area contributed by atoms with Crippen molar-refractivity contribution in [2.24, 2.45) is 0 Å². The van der Waals surface area contributed by atoms with E-state index in [1.54, 1.807) is 11.1 Å². The highest BCUT2D eigenvalue weighted by atomic mass is 16.2. The van der Waals surface area contributed by atoms with Crippen LogP contribution in [0.15, 0.2) is 48.9 Å². The molecule has 0 bridgehead atoms. The summed E-state index contributed by atoms with van der Waals surface area (Å²) in [6.07, 6.45) is 5.73. The van der Waals surface area contributed by atoms with Gasteiger partial charge in [-0.05, 0) is 48.7 Å². The van der Waals surface area contributed by atoms with Gasteiger partial charge in [-0.2, -0.15) is 0 Å². The fraction of sp³-hybridized carbons (Fsp3) is 0.263. The van der Waals surface area contributed by atoms with Gasteiger partial charge in [0.05, 0.1) is 11.1 Å². The van der Waals surface area contributed by atoms with Crippen molar-refractivity contribution >= 4 is 22.9 Å². The highest BCUT2D eigenvalue weighted by Crippen LogP contribution is 2.42. The first-order chi connectivity index (χ1) is 11.5. The maximum Gasteiger partial charge on any atom is 0.236 e. The molecule has 24 heavy (non-hydrogen) atoms. The lowest BCUT2D eigenvalue weighted by Gasteiger charge is -2.19. The van der Waals surface area contributed by atoms with Gasteiger partial charge in [-0.25, -0.2) is 5.43 Å². The molecule has 122 valence electrons. The van der Waals surface area contributed by atoms with Gasteiger partial charge in [0.15, 0.2) is 0 Å². The number of benzene rings is 1. The fourth-order valence-electron chi connectivity index (χ4n) is 3.43. The van der Waals surface area contributed by atoms with Crippen molar-refractivity contribution in [1.29, 1.82) is 0 Å². The minimum Gasteiger partial charge on any atom is -0.314 e. The predicted octanol–water partition coefficient (Wildman–Crippen LogP) is 2.70. The standard InChI is InChI=1S/C19H20N4O/c1-19(2)16-7-6-15(9-17(16)22(3)18(19)24)23-12-14(11-21-23)13-5-4-8-20-10-13/h4-10,12,21H,11H2,1-3H3. The highest BCUT2D eigenvalue weighted by molar-refractivity contribution is 6.07. The molecule has 1 amide bonds. The van der Waals surface area contributed by atoms with Crippen molar-refractivity contribution in [2.45, 2.75) is 19.3 Å². The lowest BCUT2D eigenvalue weighted by Crippen LogP contribution is -2.33. The lowest BCUT2D eigenvalue weighted by molar-refractivity contribution is -0.121. The third-order valence-electron chi connectivity index (χ3n) is 4.89. The molecule has 0 fully saturated rings. The number of amides is 1. The van der Waals surface area contributed by atoms with E-state index in [1.807, 2.05) is 38.2 Å². The number of carbonyl (C=O) groups excluding carboxylic acids is 1. The summed E-state index contributed by atoms with van der Waals surface area (Å²) in [6.45, 7) is 4.71. The molecule has 0 radical (unpaired) electrons. The number of likely N-dealkylation sites (N-methyl/N-ethyl adjacent to an activating group) is 1. The van der Waals surface area contributed by atoms with E-state index in [1.165, 1.54) is 5.57 Å². The Morgan fingerprint density at radius 3 is 2.83 bits per heavy atom. The molecule has 0 unspecified atom stereocenters. The van der Waals surface area contributed by atoms with Crippen LogP contribution < -0.4 is 15.3 Å². The Morgan fingerprint density at radius 1 is 1.25 bits per heavy atom. The largest absolute Gasteiger partial charge is 0.314 e. The number of nitrogens with one attached hydrogen (secondary N) is 1. The Labute approximate surface area is 141 Å². The molecule has 0 saturated heterocycles. The normalized spacial score (nSPS) is 18.8. The van der Waals surface area contributed by atoms with Crippen molar-refractivity contribution in [3.05, 3.63) is 60.1 Å². The molecule has 1 aromatic carbocycles. The first-order valence-electron chi connectivity index (χ1n) is 8.05. The van der Waals surface area contributed by atoms with Gasteiger partial charge in [0.25, 0.3) is 0 Å². The minimum absolute atomic E-state index is 0.135. The van der Waals surface area contributed by atoms with Crippen LogP contribution in [0.3, 0.4) is 0 Å². The molecule has 2 aliphatic rings. The number of hydrogen-bond acceptors (Lipinski definition) is 4. The third-order valence-corrected chi connectivity index (χ3v) is 4.89. The SMILES string of the molecule is CN1C(=O)C(C)(C)c2ccc(N3C=C(c4cccnc4)CN3)cc21. The molecular formula is C19H20N4O. The second-order valence-corrected chi connectivity index (χ2v) is 6.79. The van der Waals surface area contributed by atoms with Crippen molar-refractivity contribution in [2.75, 3.05) is 23.5 Å². The van der Waals surface area contributed by atoms with E-state index in [0.717, 1.165) is 29.0 Å². The maximum absolute atomic E-state index is 12.4. The quantitative estimate of drug-likeness (QED) is 0.924. The number of rotatable bonds is 2. The first-order valence-corrected chi connectivity index (χ1v) is 8.05. The maximum atomic E-state index is 12.4. The van der Waals surface area contributed by atoms with E-state index in [2.05, 4.69) is 40.9 Å². The monoisotopic (exact) mass is 320 g/mol. The Morgan fingerprint density at radius 2 is 2.08 bits per heavy atom. The Balaban J connectivity index is 1.68. The summed E-state index contributed by atoms with van der Waals surface area (Å²) in [7, 11) is 1.84. The van der Waals surface area contributed by atoms with Gasteiger partial charge in [0.2, 0.25) is 5.91 Å². The molecule has 3 heterocycles. The third kappa shape index (κ3) is 2.12.